The molecule has 32 heavy (non-hydrogen) atoms. The van der Waals surface area contributed by atoms with Crippen LogP contribution in [0.2, 0.25) is 10.0 Å². The Balaban J connectivity index is 1.50. The number of anilines is 2. The Morgan fingerprint density at radius 3 is 2.62 bits per heavy atom. The largest absolute Gasteiger partial charge is 0.381 e. The number of aromatic nitrogens is 2. The Morgan fingerprint density at radius 2 is 1.94 bits per heavy atom. The van der Waals surface area contributed by atoms with Gasteiger partial charge in [-0.25, -0.2) is 9.97 Å². The van der Waals surface area contributed by atoms with Crippen molar-refractivity contribution >= 4 is 40.7 Å². The van der Waals surface area contributed by atoms with Crippen LogP contribution in [-0.2, 0) is 6.54 Å². The van der Waals surface area contributed by atoms with Crippen LogP contribution in [0.3, 0.4) is 0 Å². The molecule has 0 bridgehead atoms. The number of nitrogens with one attached hydrogen (secondary N) is 2. The van der Waals surface area contributed by atoms with E-state index in [9.17, 15) is 4.79 Å². The average molecular weight is 471 g/mol. The maximum Gasteiger partial charge on any atom is 0.253 e. The summed E-state index contributed by atoms with van der Waals surface area (Å²) in [5.41, 5.74) is 8.89. The van der Waals surface area contributed by atoms with Crippen LogP contribution >= 0.6 is 23.2 Å². The second-order valence-corrected chi connectivity index (χ2v) is 8.54. The van der Waals surface area contributed by atoms with Crippen LogP contribution in [0.15, 0.2) is 48.7 Å². The number of carbonyl (C=O) groups excluding carboxylic acids is 1. The van der Waals surface area contributed by atoms with Crippen LogP contribution in [0.4, 0.5) is 11.6 Å². The second-order valence-electron chi connectivity index (χ2n) is 7.73. The number of piperazine rings is 1. The van der Waals surface area contributed by atoms with Crippen molar-refractivity contribution in [3.05, 3.63) is 69.8 Å². The van der Waals surface area contributed by atoms with Crippen molar-refractivity contribution in [1.82, 2.24) is 20.2 Å². The van der Waals surface area contributed by atoms with Crippen molar-refractivity contribution in [2.45, 2.75) is 19.5 Å². The monoisotopic (exact) mass is 470 g/mol. The minimum atomic E-state index is 0.0345. The summed E-state index contributed by atoms with van der Waals surface area (Å²) in [7, 11) is 0. The highest BCUT2D eigenvalue weighted by molar-refractivity contribution is 6.36. The lowest BCUT2D eigenvalue weighted by molar-refractivity contribution is 0.0709. The Morgan fingerprint density at radius 1 is 1.22 bits per heavy atom. The number of nitrogens with two attached hydrogens (primary N) is 1. The molecule has 4 rings (SSSR count). The molecular formula is C23H24Cl2N6O. The Hall–Kier alpha value is -2.87. The molecule has 1 atom stereocenters. The normalized spacial score (nSPS) is 16.1. The third-order valence-corrected chi connectivity index (χ3v) is 6.09. The average Bonchev–Trinajstić information content (AvgIpc) is 2.79. The summed E-state index contributed by atoms with van der Waals surface area (Å²) < 4.78 is 0. The highest BCUT2D eigenvalue weighted by atomic mass is 35.5. The molecule has 2 aromatic carbocycles. The maximum atomic E-state index is 12.8. The van der Waals surface area contributed by atoms with Crippen molar-refractivity contribution in [2.24, 2.45) is 0 Å². The molecule has 7 nitrogen and oxygen atoms in total. The summed E-state index contributed by atoms with van der Waals surface area (Å²) in [5, 5.41) is 7.63. The Labute approximate surface area is 197 Å². The highest BCUT2D eigenvalue weighted by Crippen LogP contribution is 2.27. The zero-order chi connectivity index (χ0) is 22.7. The number of hydrogen-bond acceptors (Lipinski definition) is 6. The van der Waals surface area contributed by atoms with E-state index in [1.54, 1.807) is 24.4 Å². The van der Waals surface area contributed by atoms with E-state index >= 15 is 0 Å². The molecule has 1 fully saturated rings. The molecule has 1 aromatic heterocycles. The lowest BCUT2D eigenvalue weighted by Gasteiger charge is -2.32. The molecule has 166 valence electrons. The number of halogens is 2. The molecule has 3 aromatic rings. The quantitative estimate of drug-likeness (QED) is 0.519. The van der Waals surface area contributed by atoms with Gasteiger partial charge in [0, 0.05) is 59.0 Å². The van der Waals surface area contributed by atoms with Gasteiger partial charge in [-0.05, 0) is 31.2 Å². The van der Waals surface area contributed by atoms with Crippen molar-refractivity contribution in [3.63, 3.8) is 0 Å². The highest BCUT2D eigenvalue weighted by Gasteiger charge is 2.21. The number of benzene rings is 2. The molecule has 0 aliphatic carbocycles. The van der Waals surface area contributed by atoms with E-state index in [4.69, 9.17) is 28.9 Å². The molecule has 9 heteroatoms. The van der Waals surface area contributed by atoms with Gasteiger partial charge in [-0.3, -0.25) is 4.79 Å². The lowest BCUT2D eigenvalue weighted by atomic mass is 10.1. The Bertz CT molecular complexity index is 1100. The van der Waals surface area contributed by atoms with Gasteiger partial charge >= 0.3 is 0 Å². The lowest BCUT2D eigenvalue weighted by Crippen LogP contribution is -2.51. The molecular weight excluding hydrogens is 447 g/mol. The summed E-state index contributed by atoms with van der Waals surface area (Å²) in [6.07, 6.45) is 1.61. The molecule has 1 aliphatic heterocycles. The van der Waals surface area contributed by atoms with Crippen LogP contribution in [-0.4, -0.2) is 46.5 Å². The zero-order valence-electron chi connectivity index (χ0n) is 17.6. The first kappa shape index (κ1) is 22.3. The van der Waals surface area contributed by atoms with Gasteiger partial charge in [0.15, 0.2) is 11.6 Å². The van der Waals surface area contributed by atoms with Gasteiger partial charge in [0.2, 0.25) is 0 Å². The molecule has 0 radical (unpaired) electrons. The summed E-state index contributed by atoms with van der Waals surface area (Å²) >= 11 is 12.5. The first-order valence-corrected chi connectivity index (χ1v) is 11.1. The van der Waals surface area contributed by atoms with Crippen LogP contribution < -0.4 is 16.4 Å². The number of amides is 1. The van der Waals surface area contributed by atoms with E-state index in [0.717, 1.165) is 17.7 Å². The van der Waals surface area contributed by atoms with Gasteiger partial charge < -0.3 is 21.3 Å². The van der Waals surface area contributed by atoms with Gasteiger partial charge in [0.1, 0.15) is 0 Å². The minimum absolute atomic E-state index is 0.0345. The maximum absolute atomic E-state index is 12.8. The fraction of sp³-hybridized carbons (Fsp3) is 0.261. The van der Waals surface area contributed by atoms with E-state index in [-0.39, 0.29) is 11.7 Å². The third kappa shape index (κ3) is 4.96. The topological polar surface area (TPSA) is 96.2 Å². The SMILES string of the molecule is CC1CN(C(=O)c2ccc(-c3cnc(N)c(NCc4c(Cl)cccc4Cl)n3)cc2)CCN1. The van der Waals surface area contributed by atoms with E-state index in [1.165, 1.54) is 0 Å². The summed E-state index contributed by atoms with van der Waals surface area (Å²) in [6, 6.07) is 13.0. The summed E-state index contributed by atoms with van der Waals surface area (Å²) in [4.78, 5) is 23.5. The van der Waals surface area contributed by atoms with Crippen molar-refractivity contribution in [2.75, 3.05) is 30.7 Å². The minimum Gasteiger partial charge on any atom is -0.381 e. The standard InChI is InChI=1S/C23H24Cl2N6O/c1-14-13-31(10-9-27-14)23(32)16-7-5-15(6-8-16)20-12-28-21(26)22(30-20)29-11-17-18(24)3-2-4-19(17)25/h2-8,12,14,27H,9-11,13H2,1H3,(H2,26,28)(H,29,30). The van der Waals surface area contributed by atoms with Gasteiger partial charge in [-0.15, -0.1) is 0 Å². The third-order valence-electron chi connectivity index (χ3n) is 5.38. The molecule has 1 amide bonds. The van der Waals surface area contributed by atoms with Crippen LogP contribution in [0, 0.1) is 0 Å². The first-order valence-electron chi connectivity index (χ1n) is 10.3. The van der Waals surface area contributed by atoms with Crippen LogP contribution in [0.1, 0.15) is 22.8 Å². The van der Waals surface area contributed by atoms with E-state index in [1.807, 2.05) is 29.2 Å². The number of nitrogens with zero attached hydrogens (tertiary/aromatic N) is 3. The van der Waals surface area contributed by atoms with Gasteiger partial charge in [0.25, 0.3) is 5.91 Å². The molecule has 1 aliphatic rings. The molecule has 1 unspecified atom stereocenters. The van der Waals surface area contributed by atoms with E-state index < -0.39 is 0 Å². The molecule has 4 N–H and O–H groups in total. The van der Waals surface area contributed by atoms with Crippen molar-refractivity contribution < 1.29 is 4.79 Å². The van der Waals surface area contributed by atoms with E-state index in [0.29, 0.717) is 52.8 Å². The number of carbonyl (C=O) groups is 1. The first-order chi connectivity index (χ1) is 15.4. The predicted molar refractivity (Wildman–Crippen MR) is 129 cm³/mol. The fourth-order valence-corrected chi connectivity index (χ4v) is 4.15. The Kier molecular flexibility index (Phi) is 6.79. The predicted octanol–water partition coefficient (Wildman–Crippen LogP) is 4.08. The van der Waals surface area contributed by atoms with Gasteiger partial charge in [-0.1, -0.05) is 41.4 Å². The van der Waals surface area contributed by atoms with Crippen molar-refractivity contribution in [3.8, 4) is 11.3 Å². The molecule has 2 heterocycles. The molecule has 0 saturated carbocycles. The number of hydrogen-bond donors (Lipinski definition) is 3. The van der Waals surface area contributed by atoms with Gasteiger partial charge in [0.05, 0.1) is 11.9 Å². The smallest absolute Gasteiger partial charge is 0.253 e. The molecule has 0 spiro atoms. The van der Waals surface area contributed by atoms with Crippen LogP contribution in [0.25, 0.3) is 11.3 Å². The fourth-order valence-electron chi connectivity index (χ4n) is 3.62. The van der Waals surface area contributed by atoms with Gasteiger partial charge in [-0.2, -0.15) is 0 Å². The second kappa shape index (κ2) is 9.73. The van der Waals surface area contributed by atoms with E-state index in [2.05, 4.69) is 27.5 Å². The number of rotatable bonds is 5. The number of nitrogen functional groups attached to an aromatic ring is 1. The summed E-state index contributed by atoms with van der Waals surface area (Å²) in [5.74, 6) is 0.747. The molecule has 1 saturated heterocycles. The van der Waals surface area contributed by atoms with Crippen LogP contribution in [0.5, 0.6) is 0 Å². The zero-order valence-corrected chi connectivity index (χ0v) is 19.1. The summed E-state index contributed by atoms with van der Waals surface area (Å²) in [6.45, 7) is 4.65. The van der Waals surface area contributed by atoms with Crippen molar-refractivity contribution in [1.29, 1.82) is 0 Å².